The van der Waals surface area contributed by atoms with Gasteiger partial charge >= 0.3 is 12.4 Å². The lowest BCUT2D eigenvalue weighted by Gasteiger charge is -2.22. The summed E-state index contributed by atoms with van der Waals surface area (Å²) in [5.41, 5.74) is 0.0490. The van der Waals surface area contributed by atoms with Crippen molar-refractivity contribution in [3.05, 3.63) is 71.3 Å². The van der Waals surface area contributed by atoms with Gasteiger partial charge in [0.2, 0.25) is 0 Å². The van der Waals surface area contributed by atoms with E-state index in [-0.39, 0.29) is 13.0 Å². The first-order chi connectivity index (χ1) is 11.2. The van der Waals surface area contributed by atoms with Gasteiger partial charge in [0, 0.05) is 6.54 Å². The number of hydrogen-bond acceptors (Lipinski definition) is 1. The SMILES string of the molecule is FC(F)(F)c1ccc(CNC(Cc2ccccc2)C(F)(F)F)cc1. The summed E-state index contributed by atoms with van der Waals surface area (Å²) in [4.78, 5) is 0. The van der Waals surface area contributed by atoms with Gasteiger partial charge in [-0.2, -0.15) is 26.3 Å². The van der Waals surface area contributed by atoms with Crippen molar-refractivity contribution in [2.24, 2.45) is 0 Å². The highest BCUT2D eigenvalue weighted by Crippen LogP contribution is 2.29. The van der Waals surface area contributed by atoms with E-state index in [1.54, 1.807) is 30.3 Å². The molecule has 24 heavy (non-hydrogen) atoms. The van der Waals surface area contributed by atoms with Crippen molar-refractivity contribution in [3.63, 3.8) is 0 Å². The second-order valence-electron chi connectivity index (χ2n) is 5.36. The van der Waals surface area contributed by atoms with E-state index in [0.29, 0.717) is 11.1 Å². The molecule has 0 heterocycles. The van der Waals surface area contributed by atoms with Gasteiger partial charge in [-0.3, -0.25) is 0 Å². The van der Waals surface area contributed by atoms with Crippen molar-refractivity contribution in [1.29, 1.82) is 0 Å². The Hall–Kier alpha value is -2.02. The molecule has 2 aromatic rings. The Morgan fingerprint density at radius 2 is 1.33 bits per heavy atom. The second-order valence-corrected chi connectivity index (χ2v) is 5.36. The Kier molecular flexibility index (Phi) is 5.54. The van der Waals surface area contributed by atoms with E-state index in [2.05, 4.69) is 5.32 Å². The van der Waals surface area contributed by atoms with E-state index in [0.717, 1.165) is 12.1 Å². The first-order valence-electron chi connectivity index (χ1n) is 7.16. The third kappa shape index (κ3) is 5.26. The van der Waals surface area contributed by atoms with E-state index in [1.807, 2.05) is 0 Å². The third-order valence-electron chi connectivity index (χ3n) is 3.51. The van der Waals surface area contributed by atoms with Gasteiger partial charge in [0.25, 0.3) is 0 Å². The van der Waals surface area contributed by atoms with Crippen LogP contribution in [0.4, 0.5) is 26.3 Å². The van der Waals surface area contributed by atoms with E-state index in [4.69, 9.17) is 0 Å². The molecule has 0 aromatic heterocycles. The van der Waals surface area contributed by atoms with Crippen LogP contribution < -0.4 is 5.32 Å². The maximum atomic E-state index is 13.1. The van der Waals surface area contributed by atoms with Crippen LogP contribution >= 0.6 is 0 Å². The molecule has 2 rings (SSSR count). The van der Waals surface area contributed by atoms with Gasteiger partial charge in [-0.25, -0.2) is 0 Å². The van der Waals surface area contributed by atoms with Crippen LogP contribution in [0.25, 0.3) is 0 Å². The average molecular weight is 347 g/mol. The van der Waals surface area contributed by atoms with Crippen molar-refractivity contribution in [2.75, 3.05) is 0 Å². The highest BCUT2D eigenvalue weighted by Gasteiger charge is 2.39. The predicted octanol–water partition coefficient (Wildman–Crippen LogP) is 4.97. The number of benzene rings is 2. The van der Waals surface area contributed by atoms with Gasteiger partial charge in [0.15, 0.2) is 0 Å². The molecule has 0 spiro atoms. The van der Waals surface area contributed by atoms with Crippen molar-refractivity contribution < 1.29 is 26.3 Å². The molecule has 0 saturated carbocycles. The largest absolute Gasteiger partial charge is 0.416 e. The molecule has 1 nitrogen and oxygen atoms in total. The van der Waals surface area contributed by atoms with Gasteiger partial charge in [0.1, 0.15) is 6.04 Å². The predicted molar refractivity (Wildman–Crippen MR) is 78.3 cm³/mol. The van der Waals surface area contributed by atoms with Gasteiger partial charge in [0.05, 0.1) is 5.56 Å². The maximum absolute atomic E-state index is 13.1. The monoisotopic (exact) mass is 347 g/mol. The molecule has 1 N–H and O–H groups in total. The van der Waals surface area contributed by atoms with Crippen LogP contribution in [0.2, 0.25) is 0 Å². The molecule has 7 heteroatoms. The number of alkyl halides is 6. The van der Waals surface area contributed by atoms with Crippen molar-refractivity contribution in [3.8, 4) is 0 Å². The van der Waals surface area contributed by atoms with Gasteiger partial charge in [-0.1, -0.05) is 42.5 Å². The third-order valence-corrected chi connectivity index (χ3v) is 3.51. The van der Waals surface area contributed by atoms with Crippen LogP contribution in [0.3, 0.4) is 0 Å². The lowest BCUT2D eigenvalue weighted by Crippen LogP contribution is -2.43. The van der Waals surface area contributed by atoms with Crippen LogP contribution in [0.5, 0.6) is 0 Å². The molecule has 1 atom stereocenters. The lowest BCUT2D eigenvalue weighted by molar-refractivity contribution is -0.155. The molecule has 0 saturated heterocycles. The highest BCUT2D eigenvalue weighted by atomic mass is 19.4. The fourth-order valence-corrected chi connectivity index (χ4v) is 2.21. The Bertz CT molecular complexity index is 631. The number of halogens is 6. The lowest BCUT2D eigenvalue weighted by atomic mass is 10.0. The number of hydrogen-bond donors (Lipinski definition) is 1. The molecule has 0 aliphatic carbocycles. The zero-order valence-electron chi connectivity index (χ0n) is 12.5. The minimum Gasteiger partial charge on any atom is -0.302 e. The standard InChI is InChI=1S/C17H15F6N/c18-16(19,20)14-8-6-13(7-9-14)11-24-15(17(21,22)23)10-12-4-2-1-3-5-12/h1-9,15,24H,10-11H2. The van der Waals surface area contributed by atoms with Crippen molar-refractivity contribution in [2.45, 2.75) is 31.4 Å². The maximum Gasteiger partial charge on any atom is 0.416 e. The normalized spacial score (nSPS) is 13.8. The van der Waals surface area contributed by atoms with E-state index >= 15 is 0 Å². The van der Waals surface area contributed by atoms with Crippen LogP contribution in [-0.4, -0.2) is 12.2 Å². The molecule has 0 aliphatic rings. The summed E-state index contributed by atoms with van der Waals surface area (Å²) in [5.74, 6) is 0. The number of rotatable bonds is 5. The summed E-state index contributed by atoms with van der Waals surface area (Å²) < 4.78 is 76.8. The minimum absolute atomic E-state index is 0.171. The first-order valence-corrected chi connectivity index (χ1v) is 7.16. The molecule has 0 radical (unpaired) electrons. The van der Waals surface area contributed by atoms with Crippen LogP contribution in [0.15, 0.2) is 54.6 Å². The Morgan fingerprint density at radius 3 is 1.83 bits per heavy atom. The molecular weight excluding hydrogens is 332 g/mol. The molecule has 0 aliphatic heterocycles. The summed E-state index contributed by atoms with van der Waals surface area (Å²) in [6, 6.07) is 10.5. The second kappa shape index (κ2) is 7.25. The van der Waals surface area contributed by atoms with Crippen LogP contribution in [0.1, 0.15) is 16.7 Å². The van der Waals surface area contributed by atoms with E-state index < -0.39 is 24.0 Å². The molecule has 2 aromatic carbocycles. The molecule has 130 valence electrons. The van der Waals surface area contributed by atoms with Gasteiger partial charge < -0.3 is 5.32 Å². The molecule has 0 amide bonds. The number of nitrogens with one attached hydrogen (secondary N) is 1. The van der Waals surface area contributed by atoms with Gasteiger partial charge in [-0.15, -0.1) is 0 Å². The summed E-state index contributed by atoms with van der Waals surface area (Å²) in [6.07, 6.45) is -9.17. The minimum atomic E-state index is -4.46. The van der Waals surface area contributed by atoms with E-state index in [9.17, 15) is 26.3 Å². The highest BCUT2D eigenvalue weighted by molar-refractivity contribution is 5.24. The fourth-order valence-electron chi connectivity index (χ4n) is 2.21. The summed E-state index contributed by atoms with van der Waals surface area (Å²) in [5, 5.41) is 2.38. The Balaban J connectivity index is 2.03. The van der Waals surface area contributed by atoms with Crippen molar-refractivity contribution >= 4 is 0 Å². The molecular formula is C17H15F6N. The Morgan fingerprint density at radius 1 is 0.750 bits per heavy atom. The van der Waals surface area contributed by atoms with Crippen LogP contribution in [-0.2, 0) is 19.1 Å². The Labute approximate surface area is 135 Å². The molecule has 0 fully saturated rings. The smallest absolute Gasteiger partial charge is 0.302 e. The van der Waals surface area contributed by atoms with E-state index in [1.165, 1.54) is 12.1 Å². The summed E-state index contributed by atoms with van der Waals surface area (Å²) in [7, 11) is 0. The first kappa shape index (κ1) is 18.3. The topological polar surface area (TPSA) is 12.0 Å². The summed E-state index contributed by atoms with van der Waals surface area (Å²) >= 11 is 0. The average Bonchev–Trinajstić information content (AvgIpc) is 2.51. The summed E-state index contributed by atoms with van der Waals surface area (Å²) in [6.45, 7) is -0.171. The van der Waals surface area contributed by atoms with Gasteiger partial charge in [-0.05, 0) is 29.7 Å². The fraction of sp³-hybridized carbons (Fsp3) is 0.294. The quantitative estimate of drug-likeness (QED) is 0.753. The van der Waals surface area contributed by atoms with Crippen molar-refractivity contribution in [1.82, 2.24) is 5.32 Å². The zero-order chi connectivity index (χ0) is 17.8. The van der Waals surface area contributed by atoms with Crippen LogP contribution in [0, 0.1) is 0 Å². The zero-order valence-corrected chi connectivity index (χ0v) is 12.5. The molecule has 0 bridgehead atoms. The molecule has 1 unspecified atom stereocenters.